The molecule has 20 heavy (non-hydrogen) atoms. The van der Waals surface area contributed by atoms with Crippen molar-refractivity contribution in [3.05, 3.63) is 39.9 Å². The molecule has 0 aromatic heterocycles. The number of nitro groups is 1. The van der Waals surface area contributed by atoms with E-state index in [0.29, 0.717) is 5.56 Å². The lowest BCUT2D eigenvalue weighted by Gasteiger charge is -2.07. The first-order valence-corrected chi connectivity index (χ1v) is 5.81. The van der Waals surface area contributed by atoms with Gasteiger partial charge in [0.2, 0.25) is 5.91 Å². The van der Waals surface area contributed by atoms with Crippen LogP contribution >= 0.6 is 0 Å². The quantitative estimate of drug-likeness (QED) is 0.480. The highest BCUT2D eigenvalue weighted by Crippen LogP contribution is 2.13. The number of aliphatic carboxylic acids is 1. The number of carboxylic acids is 1. The fraction of sp³-hybridized carbons (Fsp3) is 0.333. The van der Waals surface area contributed by atoms with Crippen molar-refractivity contribution in [1.82, 2.24) is 5.32 Å². The van der Waals surface area contributed by atoms with E-state index in [1.165, 1.54) is 18.2 Å². The number of carboxylic acid groups (broad SMARTS) is 1. The fourth-order valence-electron chi connectivity index (χ4n) is 1.50. The number of carbonyl (C=O) groups excluding carboxylic acids is 1. The summed E-state index contributed by atoms with van der Waals surface area (Å²) in [6.07, 6.45) is -1.67. The Hall–Kier alpha value is -2.48. The number of benzene rings is 1. The van der Waals surface area contributed by atoms with Gasteiger partial charge in [-0.05, 0) is 5.56 Å². The molecule has 1 amide bonds. The average molecular weight is 282 g/mol. The smallest absolute Gasteiger partial charge is 0.332 e. The van der Waals surface area contributed by atoms with Crippen LogP contribution in [0.15, 0.2) is 24.3 Å². The molecule has 1 rings (SSSR count). The van der Waals surface area contributed by atoms with Gasteiger partial charge in [-0.15, -0.1) is 0 Å². The zero-order valence-corrected chi connectivity index (χ0v) is 10.5. The average Bonchev–Trinajstić information content (AvgIpc) is 2.38. The van der Waals surface area contributed by atoms with Crippen LogP contribution < -0.4 is 5.32 Å². The minimum atomic E-state index is -1.52. The number of amides is 1. The van der Waals surface area contributed by atoms with Crippen LogP contribution in [0, 0.1) is 10.1 Å². The van der Waals surface area contributed by atoms with Crippen molar-refractivity contribution < 1.29 is 24.7 Å². The fourth-order valence-corrected chi connectivity index (χ4v) is 1.50. The summed E-state index contributed by atoms with van der Waals surface area (Å²) in [5, 5.41) is 30.4. The van der Waals surface area contributed by atoms with Crippen molar-refractivity contribution >= 4 is 17.6 Å². The van der Waals surface area contributed by atoms with Crippen molar-refractivity contribution in [3.8, 4) is 0 Å². The molecule has 0 aliphatic rings. The molecule has 0 spiro atoms. The lowest BCUT2D eigenvalue weighted by molar-refractivity contribution is -0.384. The molecule has 0 aliphatic carbocycles. The maximum Gasteiger partial charge on any atom is 0.332 e. The van der Waals surface area contributed by atoms with E-state index in [2.05, 4.69) is 5.32 Å². The molecule has 0 bridgehead atoms. The molecular formula is C12H14N2O6. The molecule has 1 aromatic carbocycles. The Morgan fingerprint density at radius 1 is 1.40 bits per heavy atom. The first-order valence-electron chi connectivity index (χ1n) is 5.81. The summed E-state index contributed by atoms with van der Waals surface area (Å²) in [5.41, 5.74) is 0.382. The first kappa shape index (κ1) is 15.6. The maximum atomic E-state index is 11.5. The van der Waals surface area contributed by atoms with Gasteiger partial charge in [-0.1, -0.05) is 12.1 Å². The van der Waals surface area contributed by atoms with Crippen molar-refractivity contribution in [2.75, 3.05) is 6.54 Å². The van der Waals surface area contributed by atoms with Crippen LogP contribution in [0.25, 0.3) is 0 Å². The molecule has 1 atom stereocenters. The van der Waals surface area contributed by atoms with Crippen LogP contribution in [0.5, 0.6) is 0 Å². The van der Waals surface area contributed by atoms with Gasteiger partial charge in [-0.25, -0.2) is 4.79 Å². The highest BCUT2D eigenvalue weighted by molar-refractivity contribution is 5.78. The third-order valence-corrected chi connectivity index (χ3v) is 2.51. The summed E-state index contributed by atoms with van der Waals surface area (Å²) in [4.78, 5) is 31.9. The van der Waals surface area contributed by atoms with Crippen LogP contribution in [-0.2, 0) is 16.0 Å². The van der Waals surface area contributed by atoms with Gasteiger partial charge in [0.25, 0.3) is 5.69 Å². The number of nitrogens with one attached hydrogen (secondary N) is 1. The Morgan fingerprint density at radius 3 is 2.70 bits per heavy atom. The summed E-state index contributed by atoms with van der Waals surface area (Å²) >= 11 is 0. The topological polar surface area (TPSA) is 130 Å². The standard InChI is InChI=1S/C12H14N2O6/c15-10(12(17)18)4-5-13-11(16)7-8-2-1-3-9(6-8)14(19)20/h1-3,6,10,15H,4-5,7H2,(H,13,16)(H,17,18). The number of non-ortho nitro benzene ring substituents is 1. The molecule has 0 fully saturated rings. The number of hydrogen-bond acceptors (Lipinski definition) is 5. The van der Waals surface area contributed by atoms with Gasteiger partial charge in [-0.3, -0.25) is 14.9 Å². The Kier molecular flexibility index (Phi) is 5.60. The normalized spacial score (nSPS) is 11.7. The van der Waals surface area contributed by atoms with E-state index in [1.807, 2.05) is 0 Å². The largest absolute Gasteiger partial charge is 0.479 e. The van der Waals surface area contributed by atoms with Crippen LogP contribution in [-0.4, -0.2) is 39.7 Å². The van der Waals surface area contributed by atoms with Crippen molar-refractivity contribution in [1.29, 1.82) is 0 Å². The molecule has 0 aliphatic heterocycles. The lowest BCUT2D eigenvalue weighted by Crippen LogP contribution is -2.30. The van der Waals surface area contributed by atoms with Gasteiger partial charge < -0.3 is 15.5 Å². The predicted molar refractivity (Wildman–Crippen MR) is 68.1 cm³/mol. The molecule has 0 heterocycles. The van der Waals surface area contributed by atoms with Gasteiger partial charge in [0.15, 0.2) is 6.10 Å². The first-order chi connectivity index (χ1) is 9.40. The zero-order chi connectivity index (χ0) is 15.1. The highest BCUT2D eigenvalue weighted by Gasteiger charge is 2.13. The number of aliphatic hydroxyl groups is 1. The SMILES string of the molecule is O=C(Cc1cccc([N+](=O)[O-])c1)NCCC(O)C(=O)O. The number of aliphatic hydroxyl groups excluding tert-OH is 1. The third-order valence-electron chi connectivity index (χ3n) is 2.51. The molecule has 108 valence electrons. The molecule has 8 heteroatoms. The second-order valence-corrected chi connectivity index (χ2v) is 4.10. The van der Waals surface area contributed by atoms with E-state index < -0.39 is 22.9 Å². The van der Waals surface area contributed by atoms with Gasteiger partial charge >= 0.3 is 5.97 Å². The van der Waals surface area contributed by atoms with Crippen molar-refractivity contribution in [2.24, 2.45) is 0 Å². The summed E-state index contributed by atoms with van der Waals surface area (Å²) in [6, 6.07) is 5.68. The molecular weight excluding hydrogens is 268 g/mol. The van der Waals surface area contributed by atoms with E-state index in [4.69, 9.17) is 10.2 Å². The van der Waals surface area contributed by atoms with Crippen molar-refractivity contribution in [2.45, 2.75) is 18.9 Å². The Balaban J connectivity index is 2.44. The van der Waals surface area contributed by atoms with Gasteiger partial charge in [0, 0.05) is 25.1 Å². The van der Waals surface area contributed by atoms with Crippen LogP contribution in [0.2, 0.25) is 0 Å². The minimum Gasteiger partial charge on any atom is -0.479 e. The second-order valence-electron chi connectivity index (χ2n) is 4.10. The lowest BCUT2D eigenvalue weighted by atomic mass is 10.1. The number of carbonyl (C=O) groups is 2. The van der Waals surface area contributed by atoms with E-state index in [1.54, 1.807) is 6.07 Å². The maximum absolute atomic E-state index is 11.5. The Bertz CT molecular complexity index is 516. The van der Waals surface area contributed by atoms with Crippen LogP contribution in [0.1, 0.15) is 12.0 Å². The van der Waals surface area contributed by atoms with E-state index in [-0.39, 0.29) is 25.1 Å². The van der Waals surface area contributed by atoms with Crippen molar-refractivity contribution in [3.63, 3.8) is 0 Å². The number of nitrogens with zero attached hydrogens (tertiary/aromatic N) is 1. The molecule has 1 aromatic rings. The number of rotatable bonds is 7. The van der Waals surface area contributed by atoms with Gasteiger partial charge in [0.1, 0.15) is 0 Å². The molecule has 8 nitrogen and oxygen atoms in total. The van der Waals surface area contributed by atoms with Gasteiger partial charge in [-0.2, -0.15) is 0 Å². The summed E-state index contributed by atoms with van der Waals surface area (Å²) in [6.45, 7) is 0.0151. The third kappa shape index (κ3) is 5.02. The molecule has 1 unspecified atom stereocenters. The molecule has 0 radical (unpaired) electrons. The molecule has 3 N–H and O–H groups in total. The van der Waals surface area contributed by atoms with E-state index >= 15 is 0 Å². The molecule has 0 saturated heterocycles. The number of hydrogen-bond donors (Lipinski definition) is 3. The highest BCUT2D eigenvalue weighted by atomic mass is 16.6. The van der Waals surface area contributed by atoms with Gasteiger partial charge in [0.05, 0.1) is 11.3 Å². The van der Waals surface area contributed by atoms with E-state index in [9.17, 15) is 19.7 Å². The Morgan fingerprint density at radius 2 is 2.10 bits per heavy atom. The van der Waals surface area contributed by atoms with Crippen LogP contribution in [0.4, 0.5) is 5.69 Å². The predicted octanol–water partition coefficient (Wildman–Crippen LogP) is 0.0891. The zero-order valence-electron chi connectivity index (χ0n) is 10.5. The van der Waals surface area contributed by atoms with Crippen LogP contribution in [0.3, 0.4) is 0 Å². The summed E-state index contributed by atoms with van der Waals surface area (Å²) in [5.74, 6) is -1.75. The minimum absolute atomic E-state index is 0.0151. The monoisotopic (exact) mass is 282 g/mol. The second kappa shape index (κ2) is 7.19. The Labute approximate surface area is 114 Å². The van der Waals surface area contributed by atoms with E-state index in [0.717, 1.165) is 0 Å². The molecule has 0 saturated carbocycles. The number of nitro benzene ring substituents is 1. The summed E-state index contributed by atoms with van der Waals surface area (Å²) < 4.78 is 0. The summed E-state index contributed by atoms with van der Waals surface area (Å²) in [7, 11) is 0.